The van der Waals surface area contributed by atoms with Gasteiger partial charge in [0.1, 0.15) is 0 Å². The SMILES string of the molecule is C[C@@H](N)c1cccc(-c2cccc(Cl)c2)c1.Cl. The first-order valence-electron chi connectivity index (χ1n) is 5.28. The second kappa shape index (κ2) is 6.06. The van der Waals surface area contributed by atoms with Gasteiger partial charge >= 0.3 is 0 Å². The molecule has 17 heavy (non-hydrogen) atoms. The average molecular weight is 268 g/mol. The van der Waals surface area contributed by atoms with Crippen LogP contribution in [-0.2, 0) is 0 Å². The van der Waals surface area contributed by atoms with Crippen LogP contribution < -0.4 is 5.73 Å². The number of rotatable bonds is 2. The van der Waals surface area contributed by atoms with Gasteiger partial charge in [-0.1, -0.05) is 41.9 Å². The highest BCUT2D eigenvalue weighted by atomic mass is 35.5. The molecular formula is C14H15Cl2N. The lowest BCUT2D eigenvalue weighted by atomic mass is 10.0. The van der Waals surface area contributed by atoms with Crippen LogP contribution in [0.2, 0.25) is 5.02 Å². The molecule has 0 bridgehead atoms. The number of hydrogen-bond acceptors (Lipinski definition) is 1. The third kappa shape index (κ3) is 3.47. The molecule has 0 saturated carbocycles. The molecule has 0 amide bonds. The van der Waals surface area contributed by atoms with E-state index in [9.17, 15) is 0 Å². The van der Waals surface area contributed by atoms with E-state index in [1.165, 1.54) is 0 Å². The molecular weight excluding hydrogens is 253 g/mol. The maximum atomic E-state index is 5.97. The molecule has 2 aromatic carbocycles. The normalized spacial score (nSPS) is 11.7. The Bertz CT molecular complexity index is 495. The van der Waals surface area contributed by atoms with Gasteiger partial charge in [0.15, 0.2) is 0 Å². The summed E-state index contributed by atoms with van der Waals surface area (Å²) < 4.78 is 0. The van der Waals surface area contributed by atoms with Crippen molar-refractivity contribution in [3.05, 3.63) is 59.1 Å². The molecule has 0 saturated heterocycles. The molecule has 1 nitrogen and oxygen atoms in total. The van der Waals surface area contributed by atoms with Crippen molar-refractivity contribution < 1.29 is 0 Å². The standard InChI is InChI=1S/C14H14ClN.ClH/c1-10(16)11-4-2-5-12(8-11)13-6-3-7-14(15)9-13;/h2-10H,16H2,1H3;1H/t10-;/m1./s1. The summed E-state index contributed by atoms with van der Waals surface area (Å²) in [5.74, 6) is 0. The molecule has 0 heterocycles. The highest BCUT2D eigenvalue weighted by molar-refractivity contribution is 6.30. The number of benzene rings is 2. The molecule has 0 aliphatic carbocycles. The number of hydrogen-bond donors (Lipinski definition) is 1. The fraction of sp³-hybridized carbons (Fsp3) is 0.143. The van der Waals surface area contributed by atoms with Crippen LogP contribution in [0.3, 0.4) is 0 Å². The molecule has 0 aliphatic rings. The van der Waals surface area contributed by atoms with E-state index in [0.29, 0.717) is 0 Å². The van der Waals surface area contributed by atoms with Crippen molar-refractivity contribution in [2.24, 2.45) is 5.73 Å². The van der Waals surface area contributed by atoms with E-state index < -0.39 is 0 Å². The minimum atomic E-state index is 0. The Morgan fingerprint density at radius 1 is 1.00 bits per heavy atom. The molecule has 3 heteroatoms. The molecule has 0 fully saturated rings. The van der Waals surface area contributed by atoms with Crippen molar-refractivity contribution >= 4 is 24.0 Å². The van der Waals surface area contributed by atoms with Gasteiger partial charge in [0.25, 0.3) is 0 Å². The zero-order valence-electron chi connectivity index (χ0n) is 9.56. The lowest BCUT2D eigenvalue weighted by Gasteiger charge is -2.08. The second-order valence-electron chi connectivity index (χ2n) is 3.92. The van der Waals surface area contributed by atoms with Crippen LogP contribution in [0.1, 0.15) is 18.5 Å². The van der Waals surface area contributed by atoms with E-state index in [-0.39, 0.29) is 18.4 Å². The minimum absolute atomic E-state index is 0. The summed E-state index contributed by atoms with van der Waals surface area (Å²) in [5.41, 5.74) is 9.27. The van der Waals surface area contributed by atoms with E-state index in [4.69, 9.17) is 17.3 Å². The first kappa shape index (κ1) is 14.0. The first-order chi connectivity index (χ1) is 7.66. The summed E-state index contributed by atoms with van der Waals surface area (Å²) in [4.78, 5) is 0. The van der Waals surface area contributed by atoms with Crippen molar-refractivity contribution in [1.82, 2.24) is 0 Å². The highest BCUT2D eigenvalue weighted by Crippen LogP contribution is 2.24. The van der Waals surface area contributed by atoms with Gasteiger partial charge < -0.3 is 5.73 Å². The maximum Gasteiger partial charge on any atom is 0.0412 e. The van der Waals surface area contributed by atoms with E-state index in [0.717, 1.165) is 21.7 Å². The molecule has 0 unspecified atom stereocenters. The van der Waals surface area contributed by atoms with Crippen LogP contribution in [0, 0.1) is 0 Å². The van der Waals surface area contributed by atoms with Crippen LogP contribution in [-0.4, -0.2) is 0 Å². The number of nitrogens with two attached hydrogens (primary N) is 1. The van der Waals surface area contributed by atoms with Crippen molar-refractivity contribution in [2.75, 3.05) is 0 Å². The van der Waals surface area contributed by atoms with Gasteiger partial charge in [-0.15, -0.1) is 12.4 Å². The molecule has 2 rings (SSSR count). The molecule has 2 N–H and O–H groups in total. The largest absolute Gasteiger partial charge is 0.324 e. The van der Waals surface area contributed by atoms with Crippen LogP contribution in [0.4, 0.5) is 0 Å². The Morgan fingerprint density at radius 2 is 1.59 bits per heavy atom. The van der Waals surface area contributed by atoms with Gasteiger partial charge in [-0.25, -0.2) is 0 Å². The van der Waals surface area contributed by atoms with E-state index in [2.05, 4.69) is 12.1 Å². The molecule has 0 spiro atoms. The molecule has 0 aromatic heterocycles. The van der Waals surface area contributed by atoms with Gasteiger partial charge in [0.05, 0.1) is 0 Å². The Morgan fingerprint density at radius 3 is 2.18 bits per heavy atom. The summed E-state index contributed by atoms with van der Waals surface area (Å²) in [6, 6.07) is 16.1. The Kier molecular flexibility index (Phi) is 5.01. The van der Waals surface area contributed by atoms with Crippen LogP contribution in [0.5, 0.6) is 0 Å². The summed E-state index contributed by atoms with van der Waals surface area (Å²) in [6.45, 7) is 1.98. The quantitative estimate of drug-likeness (QED) is 0.855. The lowest BCUT2D eigenvalue weighted by Crippen LogP contribution is -2.04. The molecule has 0 aliphatic heterocycles. The Hall–Kier alpha value is -1.02. The molecule has 90 valence electrons. The van der Waals surface area contributed by atoms with Crippen LogP contribution in [0.25, 0.3) is 11.1 Å². The molecule has 2 aromatic rings. The van der Waals surface area contributed by atoms with Gasteiger partial charge in [0, 0.05) is 11.1 Å². The second-order valence-corrected chi connectivity index (χ2v) is 4.36. The van der Waals surface area contributed by atoms with Crippen LogP contribution in [0.15, 0.2) is 48.5 Å². The lowest BCUT2D eigenvalue weighted by molar-refractivity contribution is 0.819. The predicted octanol–water partition coefficient (Wildman–Crippen LogP) is 4.45. The van der Waals surface area contributed by atoms with Gasteiger partial charge in [-0.2, -0.15) is 0 Å². The minimum Gasteiger partial charge on any atom is -0.324 e. The molecule has 1 atom stereocenters. The van der Waals surface area contributed by atoms with Gasteiger partial charge in [0.2, 0.25) is 0 Å². The van der Waals surface area contributed by atoms with Gasteiger partial charge in [-0.05, 0) is 41.8 Å². The maximum absolute atomic E-state index is 5.97. The zero-order chi connectivity index (χ0) is 11.5. The van der Waals surface area contributed by atoms with Gasteiger partial charge in [-0.3, -0.25) is 0 Å². The smallest absolute Gasteiger partial charge is 0.0412 e. The van der Waals surface area contributed by atoms with Crippen molar-refractivity contribution in [1.29, 1.82) is 0 Å². The third-order valence-electron chi connectivity index (χ3n) is 2.57. The fourth-order valence-corrected chi connectivity index (χ4v) is 1.86. The summed E-state index contributed by atoms with van der Waals surface area (Å²) >= 11 is 5.97. The van der Waals surface area contributed by atoms with Crippen molar-refractivity contribution in [3.8, 4) is 11.1 Å². The van der Waals surface area contributed by atoms with Crippen LogP contribution >= 0.6 is 24.0 Å². The monoisotopic (exact) mass is 267 g/mol. The average Bonchev–Trinajstić information content (AvgIpc) is 2.29. The van der Waals surface area contributed by atoms with Crippen molar-refractivity contribution in [2.45, 2.75) is 13.0 Å². The third-order valence-corrected chi connectivity index (χ3v) is 2.81. The summed E-state index contributed by atoms with van der Waals surface area (Å²) in [5, 5.41) is 0.753. The topological polar surface area (TPSA) is 26.0 Å². The zero-order valence-corrected chi connectivity index (χ0v) is 11.1. The fourth-order valence-electron chi connectivity index (χ4n) is 1.67. The van der Waals surface area contributed by atoms with E-state index in [1.807, 2.05) is 43.3 Å². The summed E-state index contributed by atoms with van der Waals surface area (Å²) in [7, 11) is 0. The summed E-state index contributed by atoms with van der Waals surface area (Å²) in [6.07, 6.45) is 0. The Labute approximate surface area is 113 Å². The van der Waals surface area contributed by atoms with Crippen molar-refractivity contribution in [3.63, 3.8) is 0 Å². The first-order valence-corrected chi connectivity index (χ1v) is 5.66. The number of halogens is 2. The highest BCUT2D eigenvalue weighted by Gasteiger charge is 2.02. The molecule has 0 radical (unpaired) electrons. The Balaban J connectivity index is 0.00000144. The van der Waals surface area contributed by atoms with E-state index >= 15 is 0 Å². The predicted molar refractivity (Wildman–Crippen MR) is 76.7 cm³/mol. The van der Waals surface area contributed by atoms with E-state index in [1.54, 1.807) is 0 Å².